The molecular formula is C14H24N4O2. The highest BCUT2D eigenvalue weighted by molar-refractivity contribution is 5.49. The third kappa shape index (κ3) is 4.05. The van der Waals surface area contributed by atoms with Gasteiger partial charge in [-0.1, -0.05) is 0 Å². The van der Waals surface area contributed by atoms with E-state index in [1.54, 1.807) is 7.11 Å². The molecule has 1 aliphatic rings. The Balaban J connectivity index is 2.10. The van der Waals surface area contributed by atoms with E-state index in [1.807, 2.05) is 20.0 Å². The summed E-state index contributed by atoms with van der Waals surface area (Å²) in [6.07, 6.45) is 2.59. The Hall–Kier alpha value is -1.40. The van der Waals surface area contributed by atoms with Crippen LogP contribution in [0.2, 0.25) is 0 Å². The van der Waals surface area contributed by atoms with Crippen molar-refractivity contribution in [2.75, 3.05) is 44.1 Å². The highest BCUT2D eigenvalue weighted by Gasteiger charge is 2.18. The van der Waals surface area contributed by atoms with Gasteiger partial charge < -0.3 is 19.7 Å². The summed E-state index contributed by atoms with van der Waals surface area (Å²) in [5, 5.41) is 3.23. The maximum absolute atomic E-state index is 5.68. The van der Waals surface area contributed by atoms with Gasteiger partial charge in [0.25, 0.3) is 0 Å². The third-order valence-electron chi connectivity index (χ3n) is 3.28. The summed E-state index contributed by atoms with van der Waals surface area (Å²) in [6, 6.07) is 1.97. The highest BCUT2D eigenvalue weighted by atomic mass is 16.5. The van der Waals surface area contributed by atoms with Crippen LogP contribution in [0.3, 0.4) is 0 Å². The topological polar surface area (TPSA) is 59.5 Å². The van der Waals surface area contributed by atoms with Crippen molar-refractivity contribution in [3.05, 3.63) is 11.9 Å². The lowest BCUT2D eigenvalue weighted by Crippen LogP contribution is -2.29. The van der Waals surface area contributed by atoms with E-state index in [0.29, 0.717) is 18.5 Å². The van der Waals surface area contributed by atoms with Gasteiger partial charge in [-0.3, -0.25) is 0 Å². The van der Waals surface area contributed by atoms with Crippen LogP contribution in [0.15, 0.2) is 6.07 Å². The summed E-state index contributed by atoms with van der Waals surface area (Å²) in [5.74, 6) is 2.43. The van der Waals surface area contributed by atoms with Crippen LogP contribution in [0, 0.1) is 0 Å². The van der Waals surface area contributed by atoms with Crippen LogP contribution in [0.25, 0.3) is 0 Å². The monoisotopic (exact) mass is 280 g/mol. The van der Waals surface area contributed by atoms with Gasteiger partial charge in [-0.25, -0.2) is 9.97 Å². The van der Waals surface area contributed by atoms with Crippen molar-refractivity contribution in [2.24, 2.45) is 0 Å². The molecule has 1 aromatic rings. The van der Waals surface area contributed by atoms with Crippen LogP contribution >= 0.6 is 0 Å². The molecule has 1 aromatic heterocycles. The summed E-state index contributed by atoms with van der Waals surface area (Å²) in [7, 11) is 3.69. The molecule has 0 aromatic carbocycles. The number of anilines is 2. The predicted molar refractivity (Wildman–Crippen MR) is 79.2 cm³/mol. The molecule has 1 aliphatic heterocycles. The molecule has 1 unspecified atom stereocenters. The zero-order valence-corrected chi connectivity index (χ0v) is 12.6. The average molecular weight is 280 g/mol. The number of likely N-dealkylation sites (N-methyl/N-ethyl adjacent to an activating group) is 1. The molecule has 1 atom stereocenters. The molecule has 0 bridgehead atoms. The molecule has 0 radical (unpaired) electrons. The molecule has 2 heterocycles. The molecular weight excluding hydrogens is 256 g/mol. The van der Waals surface area contributed by atoms with Gasteiger partial charge in [0, 0.05) is 39.9 Å². The minimum Gasteiger partial charge on any atom is -0.377 e. The quantitative estimate of drug-likeness (QED) is 0.820. The number of nitrogens with zero attached hydrogens (tertiary/aromatic N) is 3. The first-order valence-electron chi connectivity index (χ1n) is 7.16. The summed E-state index contributed by atoms with van der Waals surface area (Å²) in [5.41, 5.74) is 0. The molecule has 6 heteroatoms. The van der Waals surface area contributed by atoms with E-state index in [9.17, 15) is 0 Å². The van der Waals surface area contributed by atoms with E-state index in [2.05, 4.69) is 20.2 Å². The second kappa shape index (κ2) is 7.40. The molecule has 1 N–H and O–H groups in total. The van der Waals surface area contributed by atoms with Crippen molar-refractivity contribution in [3.8, 4) is 0 Å². The summed E-state index contributed by atoms with van der Waals surface area (Å²) in [4.78, 5) is 11.1. The number of aromatic nitrogens is 2. The highest BCUT2D eigenvalue weighted by Crippen LogP contribution is 2.19. The maximum atomic E-state index is 5.68. The molecule has 112 valence electrons. The van der Waals surface area contributed by atoms with Crippen molar-refractivity contribution < 1.29 is 9.47 Å². The third-order valence-corrected chi connectivity index (χ3v) is 3.28. The van der Waals surface area contributed by atoms with Crippen LogP contribution in [0.5, 0.6) is 0 Å². The van der Waals surface area contributed by atoms with E-state index in [4.69, 9.17) is 9.47 Å². The van der Waals surface area contributed by atoms with E-state index in [-0.39, 0.29) is 0 Å². The zero-order valence-electron chi connectivity index (χ0n) is 12.6. The number of nitrogens with one attached hydrogen (secondary N) is 1. The van der Waals surface area contributed by atoms with E-state index >= 15 is 0 Å². The van der Waals surface area contributed by atoms with Gasteiger partial charge in [-0.05, 0) is 19.8 Å². The normalized spacial score (nSPS) is 18.2. The molecule has 0 amide bonds. The van der Waals surface area contributed by atoms with Gasteiger partial charge in [0.2, 0.25) is 0 Å². The van der Waals surface area contributed by atoms with E-state index < -0.39 is 0 Å². The van der Waals surface area contributed by atoms with Crippen molar-refractivity contribution in [1.29, 1.82) is 0 Å². The number of methoxy groups -OCH3 is 1. The first kappa shape index (κ1) is 15.0. The SMILES string of the molecule is CCNc1cc(N(C)CC2CCCO2)nc(COC)n1. The number of hydrogen-bond acceptors (Lipinski definition) is 6. The summed E-state index contributed by atoms with van der Waals surface area (Å²) >= 11 is 0. The van der Waals surface area contributed by atoms with Gasteiger partial charge in [0.1, 0.15) is 18.2 Å². The molecule has 2 rings (SSSR count). The van der Waals surface area contributed by atoms with E-state index in [0.717, 1.165) is 44.2 Å². The Morgan fingerprint density at radius 2 is 2.35 bits per heavy atom. The number of rotatable bonds is 7. The van der Waals surface area contributed by atoms with Gasteiger partial charge >= 0.3 is 0 Å². The van der Waals surface area contributed by atoms with Crippen molar-refractivity contribution in [3.63, 3.8) is 0 Å². The van der Waals surface area contributed by atoms with Gasteiger partial charge in [0.15, 0.2) is 5.82 Å². The van der Waals surface area contributed by atoms with Crippen molar-refractivity contribution in [2.45, 2.75) is 32.5 Å². The van der Waals surface area contributed by atoms with Crippen LogP contribution in [-0.4, -0.2) is 49.9 Å². The standard InChI is InChI=1S/C14H24N4O2/c1-4-15-12-8-14(17-13(16-12)10-19-3)18(2)9-11-6-5-7-20-11/h8,11H,4-7,9-10H2,1-3H3,(H,15,16,17). The fraction of sp³-hybridized carbons (Fsp3) is 0.714. The molecule has 0 spiro atoms. The number of hydrogen-bond donors (Lipinski definition) is 1. The Morgan fingerprint density at radius 3 is 3.00 bits per heavy atom. The smallest absolute Gasteiger partial charge is 0.158 e. The Bertz CT molecular complexity index is 397. The van der Waals surface area contributed by atoms with Gasteiger partial charge in [0.05, 0.1) is 6.10 Å². The van der Waals surface area contributed by atoms with Crippen LogP contribution in [-0.2, 0) is 16.1 Å². The summed E-state index contributed by atoms with van der Waals surface area (Å²) < 4.78 is 10.8. The Labute approximate surface area is 120 Å². The Morgan fingerprint density at radius 1 is 1.50 bits per heavy atom. The minimum atomic E-state index is 0.309. The predicted octanol–water partition coefficient (Wildman–Crippen LogP) is 1.67. The second-order valence-electron chi connectivity index (χ2n) is 5.01. The molecule has 1 saturated heterocycles. The lowest BCUT2D eigenvalue weighted by atomic mass is 10.2. The molecule has 0 aliphatic carbocycles. The van der Waals surface area contributed by atoms with Crippen molar-refractivity contribution in [1.82, 2.24) is 9.97 Å². The molecule has 1 fully saturated rings. The lowest BCUT2D eigenvalue weighted by molar-refractivity contribution is 0.116. The average Bonchev–Trinajstić information content (AvgIpc) is 2.92. The van der Waals surface area contributed by atoms with Gasteiger partial charge in [-0.2, -0.15) is 0 Å². The van der Waals surface area contributed by atoms with Crippen LogP contribution in [0.1, 0.15) is 25.6 Å². The fourth-order valence-corrected chi connectivity index (χ4v) is 2.33. The van der Waals surface area contributed by atoms with Crippen molar-refractivity contribution >= 4 is 11.6 Å². The van der Waals surface area contributed by atoms with Gasteiger partial charge in [-0.15, -0.1) is 0 Å². The first-order chi connectivity index (χ1) is 9.72. The molecule has 20 heavy (non-hydrogen) atoms. The molecule has 0 saturated carbocycles. The van der Waals surface area contributed by atoms with E-state index in [1.165, 1.54) is 0 Å². The number of ether oxygens (including phenoxy) is 2. The Kier molecular flexibility index (Phi) is 5.55. The fourth-order valence-electron chi connectivity index (χ4n) is 2.33. The van der Waals surface area contributed by atoms with Crippen LogP contribution in [0.4, 0.5) is 11.6 Å². The summed E-state index contributed by atoms with van der Waals surface area (Å²) in [6.45, 7) is 5.03. The lowest BCUT2D eigenvalue weighted by Gasteiger charge is -2.22. The van der Waals surface area contributed by atoms with Crippen LogP contribution < -0.4 is 10.2 Å². The largest absolute Gasteiger partial charge is 0.377 e. The zero-order chi connectivity index (χ0) is 14.4. The first-order valence-corrected chi connectivity index (χ1v) is 7.16. The maximum Gasteiger partial charge on any atom is 0.158 e. The second-order valence-corrected chi connectivity index (χ2v) is 5.01. The molecule has 6 nitrogen and oxygen atoms in total. The minimum absolute atomic E-state index is 0.309.